The Balaban J connectivity index is 1.33. The highest BCUT2D eigenvalue weighted by Crippen LogP contribution is 2.29. The van der Waals surface area contributed by atoms with Crippen molar-refractivity contribution in [2.45, 2.75) is 17.9 Å². The first kappa shape index (κ1) is 20.0. The summed E-state index contributed by atoms with van der Waals surface area (Å²) in [6, 6.07) is 12.8. The number of carbonyl (C=O) groups excluding carboxylic acids is 1. The van der Waals surface area contributed by atoms with Crippen LogP contribution in [0.4, 0.5) is 20.6 Å². The molecule has 0 spiro atoms. The van der Waals surface area contributed by atoms with Gasteiger partial charge < -0.3 is 18.6 Å². The second-order valence-corrected chi connectivity index (χ2v) is 7.91. The molecule has 2 fully saturated rings. The molecule has 0 saturated carbocycles. The van der Waals surface area contributed by atoms with E-state index in [0.29, 0.717) is 44.2 Å². The fraction of sp³-hybridized carbons (Fsp3) is 0.381. The summed E-state index contributed by atoms with van der Waals surface area (Å²) in [5.41, 5.74) is 2.19. The lowest BCUT2D eigenvalue weighted by molar-refractivity contribution is 0.112. The summed E-state index contributed by atoms with van der Waals surface area (Å²) in [6.07, 6.45) is -0.889. The third kappa shape index (κ3) is 4.83. The highest BCUT2D eigenvalue weighted by molar-refractivity contribution is 7.94. The van der Waals surface area contributed by atoms with Crippen molar-refractivity contribution in [3.05, 3.63) is 53.8 Å². The van der Waals surface area contributed by atoms with Gasteiger partial charge in [-0.3, -0.25) is 4.90 Å². The number of anilines is 2. The predicted octanol–water partition coefficient (Wildman–Crippen LogP) is 4.02. The average molecular weight is 418 g/mol. The summed E-state index contributed by atoms with van der Waals surface area (Å²) in [4.78, 5) is 16.6. The van der Waals surface area contributed by atoms with Crippen LogP contribution in [0.1, 0.15) is 5.56 Å². The molecule has 0 N–H and O–H groups in total. The molecule has 8 heteroatoms. The van der Waals surface area contributed by atoms with E-state index in [9.17, 15) is 9.18 Å². The number of nitrogens with zero attached hydrogens (tertiary/aromatic N) is 2. The fourth-order valence-electron chi connectivity index (χ4n) is 3.32. The minimum absolute atomic E-state index is 0.259. The van der Waals surface area contributed by atoms with Gasteiger partial charge in [-0.1, -0.05) is 17.7 Å². The molecule has 1 unspecified atom stereocenters. The molecule has 0 bridgehead atoms. The van der Waals surface area contributed by atoms with E-state index < -0.39 is 12.2 Å². The minimum Gasteiger partial charge on any atom is -0.441 e. The van der Waals surface area contributed by atoms with E-state index in [1.54, 1.807) is 12.1 Å². The fourth-order valence-corrected chi connectivity index (χ4v) is 3.92. The lowest BCUT2D eigenvalue weighted by Crippen LogP contribution is -2.36. The molecule has 1 atom stereocenters. The third-order valence-corrected chi connectivity index (χ3v) is 5.62. The number of cyclic esters (lactones) is 1. The Hall–Kier alpha value is -2.29. The van der Waals surface area contributed by atoms with Crippen molar-refractivity contribution in [2.24, 2.45) is 0 Å². The number of hydrogen-bond donors (Lipinski definition) is 0. The summed E-state index contributed by atoms with van der Waals surface area (Å²) in [6.45, 7) is 5.08. The van der Waals surface area contributed by atoms with Gasteiger partial charge in [0, 0.05) is 30.0 Å². The summed E-state index contributed by atoms with van der Waals surface area (Å²) in [5, 5.41) is 0. The van der Waals surface area contributed by atoms with Crippen LogP contribution in [0.3, 0.4) is 0 Å². The first-order chi connectivity index (χ1) is 14.1. The molecule has 4 rings (SSSR count). The highest BCUT2D eigenvalue weighted by Gasteiger charge is 2.33. The first-order valence-corrected chi connectivity index (χ1v) is 10.3. The van der Waals surface area contributed by atoms with E-state index in [1.807, 2.05) is 36.1 Å². The Morgan fingerprint density at radius 1 is 1.17 bits per heavy atom. The molecule has 2 aliphatic heterocycles. The SMILES string of the molecule is Cc1ccc(SOCC2CN(c3ccc(N4CCOCC4)c(F)c3)C(=O)O2)cc1. The van der Waals surface area contributed by atoms with Crippen LogP contribution in [0, 0.1) is 12.7 Å². The van der Waals surface area contributed by atoms with Crippen molar-refractivity contribution in [1.29, 1.82) is 0 Å². The lowest BCUT2D eigenvalue weighted by atomic mass is 10.2. The smallest absolute Gasteiger partial charge is 0.414 e. The van der Waals surface area contributed by atoms with Gasteiger partial charge in [0.15, 0.2) is 0 Å². The number of benzene rings is 2. The van der Waals surface area contributed by atoms with E-state index in [-0.39, 0.29) is 12.4 Å². The molecule has 2 aliphatic rings. The number of halogens is 1. The van der Waals surface area contributed by atoms with Crippen molar-refractivity contribution in [2.75, 3.05) is 49.3 Å². The zero-order chi connectivity index (χ0) is 20.2. The van der Waals surface area contributed by atoms with Crippen LogP contribution >= 0.6 is 12.0 Å². The maximum atomic E-state index is 14.6. The molecule has 2 heterocycles. The third-order valence-electron chi connectivity index (χ3n) is 4.90. The maximum Gasteiger partial charge on any atom is 0.414 e. The topological polar surface area (TPSA) is 51.2 Å². The molecule has 0 radical (unpaired) electrons. The van der Waals surface area contributed by atoms with Crippen molar-refractivity contribution >= 4 is 29.5 Å². The molecule has 2 saturated heterocycles. The quantitative estimate of drug-likeness (QED) is 0.661. The Morgan fingerprint density at radius 3 is 2.66 bits per heavy atom. The molecule has 2 aromatic rings. The van der Waals surface area contributed by atoms with E-state index in [4.69, 9.17) is 13.7 Å². The first-order valence-electron chi connectivity index (χ1n) is 9.57. The molecule has 1 amide bonds. The number of rotatable bonds is 6. The molecule has 29 heavy (non-hydrogen) atoms. The standard InChI is InChI=1S/C21H23FN2O4S/c1-15-2-5-18(6-3-15)29-27-14-17-13-24(21(25)28-17)16-4-7-20(19(22)12-16)23-8-10-26-11-9-23/h2-7,12,17H,8-11,13-14H2,1H3. The van der Waals surface area contributed by atoms with Crippen molar-refractivity contribution < 1.29 is 22.8 Å². The highest BCUT2D eigenvalue weighted by atomic mass is 32.2. The Morgan fingerprint density at radius 2 is 1.93 bits per heavy atom. The van der Waals surface area contributed by atoms with Crippen LogP contribution in [0.25, 0.3) is 0 Å². The number of carbonyl (C=O) groups is 1. The number of morpholine rings is 1. The normalized spacial score (nSPS) is 19.5. The number of amides is 1. The van der Waals surface area contributed by atoms with Crippen LogP contribution < -0.4 is 9.80 Å². The molecule has 0 aromatic heterocycles. The molecule has 6 nitrogen and oxygen atoms in total. The molecular weight excluding hydrogens is 395 g/mol. The Kier molecular flexibility index (Phi) is 6.22. The van der Waals surface area contributed by atoms with Gasteiger partial charge in [-0.2, -0.15) is 0 Å². The zero-order valence-corrected chi connectivity index (χ0v) is 17.0. The van der Waals surface area contributed by atoms with Gasteiger partial charge in [0.05, 0.1) is 31.1 Å². The number of ether oxygens (including phenoxy) is 2. The molecule has 0 aliphatic carbocycles. The lowest BCUT2D eigenvalue weighted by Gasteiger charge is -2.29. The van der Waals surface area contributed by atoms with Crippen LogP contribution in [0.2, 0.25) is 0 Å². The second kappa shape index (κ2) is 9.02. The maximum absolute atomic E-state index is 14.6. The van der Waals surface area contributed by atoms with Gasteiger partial charge in [-0.25, -0.2) is 9.18 Å². The zero-order valence-electron chi connectivity index (χ0n) is 16.2. The van der Waals surface area contributed by atoms with Gasteiger partial charge in [0.25, 0.3) is 0 Å². The second-order valence-electron chi connectivity index (χ2n) is 7.03. The summed E-state index contributed by atoms with van der Waals surface area (Å²) in [7, 11) is 0. The summed E-state index contributed by atoms with van der Waals surface area (Å²) in [5.74, 6) is -0.355. The van der Waals surface area contributed by atoms with E-state index in [2.05, 4.69) is 0 Å². The predicted molar refractivity (Wildman–Crippen MR) is 110 cm³/mol. The largest absolute Gasteiger partial charge is 0.441 e. The van der Waals surface area contributed by atoms with Gasteiger partial charge >= 0.3 is 6.09 Å². The van der Waals surface area contributed by atoms with E-state index in [0.717, 1.165) is 4.90 Å². The van der Waals surface area contributed by atoms with E-state index in [1.165, 1.54) is 28.6 Å². The molecular formula is C21H23FN2O4S. The Bertz CT molecular complexity index is 858. The van der Waals surface area contributed by atoms with Crippen LogP contribution in [0.5, 0.6) is 0 Å². The monoisotopic (exact) mass is 418 g/mol. The summed E-state index contributed by atoms with van der Waals surface area (Å²) < 4.78 is 30.9. The van der Waals surface area contributed by atoms with Crippen molar-refractivity contribution in [1.82, 2.24) is 0 Å². The van der Waals surface area contributed by atoms with Gasteiger partial charge in [0.1, 0.15) is 18.5 Å². The van der Waals surface area contributed by atoms with Gasteiger partial charge in [0.2, 0.25) is 0 Å². The van der Waals surface area contributed by atoms with Crippen LogP contribution in [-0.4, -0.2) is 51.7 Å². The van der Waals surface area contributed by atoms with Crippen molar-refractivity contribution in [3.8, 4) is 0 Å². The van der Waals surface area contributed by atoms with Crippen LogP contribution in [-0.2, 0) is 13.7 Å². The molecule has 154 valence electrons. The van der Waals surface area contributed by atoms with Crippen molar-refractivity contribution in [3.63, 3.8) is 0 Å². The van der Waals surface area contributed by atoms with Gasteiger partial charge in [-0.05, 0) is 37.3 Å². The number of aryl methyl sites for hydroxylation is 1. The summed E-state index contributed by atoms with van der Waals surface area (Å²) >= 11 is 1.25. The number of hydrogen-bond acceptors (Lipinski definition) is 6. The minimum atomic E-state index is -0.488. The van der Waals surface area contributed by atoms with E-state index >= 15 is 0 Å². The van der Waals surface area contributed by atoms with Crippen LogP contribution in [0.15, 0.2) is 47.4 Å². The Labute approximate surface area is 173 Å². The van der Waals surface area contributed by atoms with Gasteiger partial charge in [-0.15, -0.1) is 0 Å². The average Bonchev–Trinajstić information content (AvgIpc) is 3.10. The molecule has 2 aromatic carbocycles.